The van der Waals surface area contributed by atoms with Gasteiger partial charge in [-0.3, -0.25) is 0 Å². The van der Waals surface area contributed by atoms with Gasteiger partial charge in [-0.1, -0.05) is 0 Å². The van der Waals surface area contributed by atoms with Crippen LogP contribution in [0.15, 0.2) is 0 Å². The fourth-order valence-electron chi connectivity index (χ4n) is 0.102. The van der Waals surface area contributed by atoms with E-state index in [1.54, 1.807) is 0 Å². The predicted molar refractivity (Wildman–Crippen MR) is 21.8 cm³/mol. The van der Waals surface area contributed by atoms with Crippen molar-refractivity contribution in [3.8, 4) is 0 Å². The Morgan fingerprint density at radius 3 is 2.86 bits per heavy atom. The third kappa shape index (κ3) is 6.61. The van der Waals surface area contributed by atoms with Crippen LogP contribution in [0.1, 0.15) is 6.92 Å². The Labute approximate surface area is 53.9 Å². The van der Waals surface area contributed by atoms with Crippen molar-refractivity contribution in [1.82, 2.24) is 0 Å². The number of hydrogen-bond acceptors (Lipinski definition) is 3. The van der Waals surface area contributed by atoms with Crippen LogP contribution in [0.4, 0.5) is 0 Å². The van der Waals surface area contributed by atoms with Crippen LogP contribution in [0, 0.1) is 0 Å². The molecule has 0 aliphatic carbocycles. The summed E-state index contributed by atoms with van der Waals surface area (Å²) in [6, 6.07) is 0. The van der Waals surface area contributed by atoms with Crippen molar-refractivity contribution in [3.63, 3.8) is 0 Å². The molecular weight excluding hydrogens is 209 g/mol. The summed E-state index contributed by atoms with van der Waals surface area (Å²) in [7, 11) is 0. The van der Waals surface area contributed by atoms with Gasteiger partial charge in [0.1, 0.15) is 0 Å². The molecule has 0 saturated carbocycles. The average Bonchev–Trinajstić information content (AvgIpc) is 1.69. The first-order valence-electron chi connectivity index (χ1n) is 1.99. The number of nitrogens with two attached hydrogens (primary N) is 1. The number of halogens is 1. The third-order valence-electron chi connectivity index (χ3n) is 0.266. The van der Waals surface area contributed by atoms with E-state index in [2.05, 4.69) is 8.10 Å². The summed E-state index contributed by atoms with van der Waals surface area (Å²) in [5, 5.41) is 0. The van der Waals surface area contributed by atoms with Crippen molar-refractivity contribution in [3.05, 3.63) is 0 Å². The summed E-state index contributed by atoms with van der Waals surface area (Å²) in [6.45, 7) is 2.22. The molecule has 4 heteroatoms. The van der Waals surface area contributed by atoms with Gasteiger partial charge in [0.2, 0.25) is 0 Å². The first-order chi connectivity index (χ1) is 3.41. The molecule has 0 saturated heterocycles. The van der Waals surface area contributed by atoms with E-state index in [4.69, 9.17) is 5.73 Å². The van der Waals surface area contributed by atoms with Crippen molar-refractivity contribution in [2.45, 2.75) is 6.92 Å². The molecule has 0 aromatic heterocycles. The van der Waals surface area contributed by atoms with Crippen LogP contribution in [0.3, 0.4) is 0 Å². The van der Waals surface area contributed by atoms with E-state index in [9.17, 15) is 0 Å². The zero-order valence-electron chi connectivity index (χ0n) is 4.19. The van der Waals surface area contributed by atoms with E-state index in [1.807, 2.05) is 6.92 Å². The molecular formula is C3H9INO2-. The van der Waals surface area contributed by atoms with Crippen LogP contribution < -0.4 is 27.4 Å². The topological polar surface area (TPSA) is 44.5 Å². The molecule has 0 aromatic rings. The summed E-state index contributed by atoms with van der Waals surface area (Å²) in [5.41, 5.74) is 4.94. The summed E-state index contributed by atoms with van der Waals surface area (Å²) >= 11 is -0.181. The molecule has 0 bridgehead atoms. The second kappa shape index (κ2) is 6.61. The first kappa shape index (κ1) is 7.61. The van der Waals surface area contributed by atoms with Crippen LogP contribution in [-0.4, -0.2) is 11.2 Å². The van der Waals surface area contributed by atoms with Crippen molar-refractivity contribution in [2.24, 2.45) is 5.73 Å². The van der Waals surface area contributed by atoms with Crippen LogP contribution in [0.2, 0.25) is 0 Å². The Morgan fingerprint density at radius 1 is 1.71 bits per heavy atom. The quantitative estimate of drug-likeness (QED) is 0.135. The molecule has 0 atom stereocenters. The summed E-state index contributed by atoms with van der Waals surface area (Å²) in [5.74, 6) is 0. The molecule has 0 spiro atoms. The molecule has 3 nitrogen and oxygen atoms in total. The second-order valence-electron chi connectivity index (χ2n) is 0.724. The van der Waals surface area contributed by atoms with Gasteiger partial charge in [0.05, 0.1) is 0 Å². The molecule has 7 heavy (non-hydrogen) atoms. The molecule has 0 heterocycles. The normalized spacial score (nSPS) is 10.0. The molecule has 0 aromatic carbocycles. The summed E-state index contributed by atoms with van der Waals surface area (Å²) in [6.07, 6.45) is 0. The van der Waals surface area contributed by atoms with E-state index in [1.165, 1.54) is 0 Å². The Kier molecular flexibility index (Phi) is 7.19. The minimum absolute atomic E-state index is 0.166. The Bertz CT molecular complexity index is 32.1. The molecule has 46 valence electrons. The van der Waals surface area contributed by atoms with Crippen LogP contribution in [0.25, 0.3) is 0 Å². The summed E-state index contributed by atoms with van der Waals surface area (Å²) < 4.78 is 5.69. The molecule has 0 unspecified atom stereocenters. The Balaban J connectivity index is 2.45. The molecule has 0 aliphatic heterocycles. The van der Waals surface area contributed by atoms with Crippen LogP contribution in [-0.2, 0) is 8.10 Å². The number of hydrogen-bond donors (Lipinski definition) is 1. The molecule has 0 radical (unpaired) electrons. The molecule has 0 aliphatic rings. The van der Waals surface area contributed by atoms with Gasteiger partial charge in [0.15, 0.2) is 0 Å². The molecule has 0 amide bonds. The van der Waals surface area contributed by atoms with E-state index in [-0.39, 0.29) is 28.4 Å². The zero-order chi connectivity index (χ0) is 5.54. The Morgan fingerprint density at radius 2 is 2.43 bits per heavy atom. The van der Waals surface area contributed by atoms with Gasteiger partial charge in [-0.25, -0.2) is 0 Å². The second-order valence-corrected chi connectivity index (χ2v) is 3.23. The van der Waals surface area contributed by atoms with Crippen LogP contribution >= 0.6 is 0 Å². The van der Waals surface area contributed by atoms with Crippen molar-refractivity contribution in [2.75, 3.05) is 11.2 Å². The minimum atomic E-state index is -0.181. The fourth-order valence-corrected chi connectivity index (χ4v) is 0.683. The standard InChI is InChI=1S/C3H9INO2/c1-2-4-7-6-3-5/h2-3,5H2,1H3/q-1. The third-order valence-corrected chi connectivity index (χ3v) is 1.40. The number of rotatable bonds is 4. The SMILES string of the molecule is CC[I-]OOCN. The van der Waals surface area contributed by atoms with E-state index in [0.29, 0.717) is 0 Å². The molecule has 2 N–H and O–H groups in total. The van der Waals surface area contributed by atoms with Crippen LogP contribution in [0.5, 0.6) is 0 Å². The Hall–Kier alpha value is 0.610. The summed E-state index contributed by atoms with van der Waals surface area (Å²) in [4.78, 5) is 4.40. The van der Waals surface area contributed by atoms with E-state index >= 15 is 0 Å². The predicted octanol–water partition coefficient (Wildman–Crippen LogP) is -3.13. The van der Waals surface area contributed by atoms with Gasteiger partial charge in [0.25, 0.3) is 0 Å². The maximum absolute atomic E-state index is 4.94. The number of alkyl halides is 1. The van der Waals surface area contributed by atoms with Gasteiger partial charge in [0, 0.05) is 0 Å². The molecule has 0 rings (SSSR count). The van der Waals surface area contributed by atoms with Gasteiger partial charge < -0.3 is 0 Å². The first-order valence-corrected chi connectivity index (χ1v) is 4.40. The van der Waals surface area contributed by atoms with Gasteiger partial charge in [-0.05, 0) is 0 Å². The van der Waals surface area contributed by atoms with Crippen molar-refractivity contribution < 1.29 is 29.7 Å². The van der Waals surface area contributed by atoms with Gasteiger partial charge in [-0.2, -0.15) is 0 Å². The van der Waals surface area contributed by atoms with Crippen molar-refractivity contribution >= 4 is 0 Å². The average molecular weight is 218 g/mol. The zero-order valence-corrected chi connectivity index (χ0v) is 6.34. The fraction of sp³-hybridized carbons (Fsp3) is 1.00. The van der Waals surface area contributed by atoms with Gasteiger partial charge >= 0.3 is 53.5 Å². The van der Waals surface area contributed by atoms with Crippen molar-refractivity contribution in [1.29, 1.82) is 0 Å². The maximum atomic E-state index is 4.94. The monoisotopic (exact) mass is 218 g/mol. The van der Waals surface area contributed by atoms with E-state index in [0.717, 1.165) is 4.43 Å². The van der Waals surface area contributed by atoms with E-state index < -0.39 is 0 Å². The van der Waals surface area contributed by atoms with Gasteiger partial charge in [-0.15, -0.1) is 0 Å². The molecule has 0 fully saturated rings.